The molecule has 0 spiro atoms. The van der Waals surface area contributed by atoms with Gasteiger partial charge < -0.3 is 4.74 Å². The van der Waals surface area contributed by atoms with E-state index in [1.54, 1.807) is 11.3 Å². The number of benzene rings is 1. The molecule has 2 saturated heterocycles. The summed E-state index contributed by atoms with van der Waals surface area (Å²) in [6.45, 7) is 5.99. The number of carbonyl (C=O) groups is 1. The van der Waals surface area contributed by atoms with Crippen LogP contribution in [0.4, 0.5) is 4.79 Å². The molecule has 0 saturated carbocycles. The van der Waals surface area contributed by atoms with Gasteiger partial charge in [0.25, 0.3) is 0 Å². The Morgan fingerprint density at radius 1 is 1.36 bits per heavy atom. The van der Waals surface area contributed by atoms with Crippen molar-refractivity contribution in [1.29, 1.82) is 0 Å². The molecule has 0 N–H and O–H groups in total. The summed E-state index contributed by atoms with van der Waals surface area (Å²) in [5.74, 6) is 0. The highest BCUT2D eigenvalue weighted by atomic mass is 32.1. The van der Waals surface area contributed by atoms with Crippen LogP contribution in [0.1, 0.15) is 18.4 Å². The molecule has 2 aromatic rings. The SMILES string of the molecule is CCC12COC(=O)N1CCN(Cc1nc3ccccc3s1)C2. The lowest BCUT2D eigenvalue weighted by Crippen LogP contribution is -2.60. The van der Waals surface area contributed by atoms with Gasteiger partial charge in [0.05, 0.1) is 22.3 Å². The van der Waals surface area contributed by atoms with E-state index in [1.165, 1.54) is 4.70 Å². The molecule has 1 aromatic heterocycles. The lowest BCUT2D eigenvalue weighted by atomic mass is 9.93. The molecule has 0 aliphatic carbocycles. The molecule has 1 atom stereocenters. The summed E-state index contributed by atoms with van der Waals surface area (Å²) in [6, 6.07) is 8.25. The van der Waals surface area contributed by atoms with Crippen LogP contribution in [0.25, 0.3) is 10.2 Å². The highest BCUT2D eigenvalue weighted by Gasteiger charge is 2.49. The number of nitrogens with zero attached hydrogens (tertiary/aromatic N) is 3. The van der Waals surface area contributed by atoms with E-state index in [2.05, 4.69) is 30.0 Å². The van der Waals surface area contributed by atoms with Crippen molar-refractivity contribution in [3.63, 3.8) is 0 Å². The molecular weight excluding hydrogens is 298 g/mol. The van der Waals surface area contributed by atoms with Gasteiger partial charge in [-0.3, -0.25) is 9.80 Å². The first-order valence-corrected chi connectivity index (χ1v) is 8.53. The Kier molecular flexibility index (Phi) is 3.31. The third-order valence-corrected chi connectivity index (χ3v) is 5.79. The molecule has 2 aliphatic heterocycles. The monoisotopic (exact) mass is 317 g/mol. The predicted molar refractivity (Wildman–Crippen MR) is 86.0 cm³/mol. The van der Waals surface area contributed by atoms with Gasteiger partial charge in [0.2, 0.25) is 0 Å². The van der Waals surface area contributed by atoms with Gasteiger partial charge in [-0.2, -0.15) is 0 Å². The van der Waals surface area contributed by atoms with E-state index in [1.807, 2.05) is 11.0 Å². The van der Waals surface area contributed by atoms with Crippen LogP contribution in [-0.2, 0) is 11.3 Å². The predicted octanol–water partition coefficient (Wildman–Crippen LogP) is 2.71. The number of hydrogen-bond acceptors (Lipinski definition) is 5. The maximum atomic E-state index is 11.8. The van der Waals surface area contributed by atoms with E-state index < -0.39 is 0 Å². The Labute approximate surface area is 133 Å². The second-order valence-electron chi connectivity index (χ2n) is 6.07. The number of amides is 1. The van der Waals surface area contributed by atoms with Gasteiger partial charge in [0.15, 0.2) is 0 Å². The highest BCUT2D eigenvalue weighted by molar-refractivity contribution is 7.18. The van der Waals surface area contributed by atoms with E-state index >= 15 is 0 Å². The number of carbonyl (C=O) groups excluding carboxylic acids is 1. The Morgan fingerprint density at radius 2 is 2.23 bits per heavy atom. The lowest BCUT2D eigenvalue weighted by molar-refractivity contribution is 0.0449. The Hall–Kier alpha value is -1.66. The third kappa shape index (κ3) is 2.18. The molecule has 2 fully saturated rings. The topological polar surface area (TPSA) is 45.7 Å². The van der Waals surface area contributed by atoms with Crippen LogP contribution >= 0.6 is 11.3 Å². The van der Waals surface area contributed by atoms with Crippen molar-refractivity contribution in [2.24, 2.45) is 0 Å². The average molecular weight is 317 g/mol. The second kappa shape index (κ2) is 5.21. The van der Waals surface area contributed by atoms with E-state index in [4.69, 9.17) is 9.72 Å². The summed E-state index contributed by atoms with van der Waals surface area (Å²) in [5.41, 5.74) is 0.928. The minimum absolute atomic E-state index is 0.147. The van der Waals surface area contributed by atoms with E-state index in [0.717, 1.165) is 43.1 Å². The van der Waals surface area contributed by atoms with Crippen molar-refractivity contribution in [2.45, 2.75) is 25.4 Å². The Balaban J connectivity index is 1.53. The molecule has 4 rings (SSSR count). The largest absolute Gasteiger partial charge is 0.447 e. The number of piperazine rings is 1. The van der Waals surface area contributed by atoms with Gasteiger partial charge in [0, 0.05) is 19.6 Å². The van der Waals surface area contributed by atoms with Crippen LogP contribution in [-0.4, -0.2) is 52.7 Å². The van der Waals surface area contributed by atoms with Crippen molar-refractivity contribution >= 4 is 27.6 Å². The fourth-order valence-corrected chi connectivity index (χ4v) is 4.47. The van der Waals surface area contributed by atoms with E-state index in [9.17, 15) is 4.79 Å². The summed E-state index contributed by atoms with van der Waals surface area (Å²) in [4.78, 5) is 20.9. The maximum absolute atomic E-state index is 11.8. The molecule has 0 radical (unpaired) electrons. The number of fused-ring (bicyclic) bond motifs is 2. The molecular formula is C16H19N3O2S. The van der Waals surface area contributed by atoms with Gasteiger partial charge >= 0.3 is 6.09 Å². The summed E-state index contributed by atoms with van der Waals surface area (Å²) < 4.78 is 6.52. The van der Waals surface area contributed by atoms with Crippen LogP contribution in [0.2, 0.25) is 0 Å². The first kappa shape index (κ1) is 14.0. The molecule has 1 unspecified atom stereocenters. The van der Waals surface area contributed by atoms with Crippen molar-refractivity contribution in [3.8, 4) is 0 Å². The van der Waals surface area contributed by atoms with Gasteiger partial charge in [-0.25, -0.2) is 9.78 Å². The fourth-order valence-electron chi connectivity index (χ4n) is 3.46. The number of rotatable bonds is 3. The summed E-state index contributed by atoms with van der Waals surface area (Å²) in [7, 11) is 0. The highest BCUT2D eigenvalue weighted by Crippen LogP contribution is 2.33. The van der Waals surface area contributed by atoms with Crippen molar-refractivity contribution in [2.75, 3.05) is 26.2 Å². The summed E-state index contributed by atoms with van der Waals surface area (Å²) in [5, 5.41) is 1.14. The van der Waals surface area contributed by atoms with Gasteiger partial charge in [-0.15, -0.1) is 11.3 Å². The first-order chi connectivity index (χ1) is 10.7. The van der Waals surface area contributed by atoms with Gasteiger partial charge in [0.1, 0.15) is 11.6 Å². The van der Waals surface area contributed by atoms with Crippen LogP contribution in [0.15, 0.2) is 24.3 Å². The Bertz CT molecular complexity index is 683. The van der Waals surface area contributed by atoms with Crippen LogP contribution in [0, 0.1) is 0 Å². The van der Waals surface area contributed by atoms with E-state index in [-0.39, 0.29) is 11.6 Å². The normalized spacial score (nSPS) is 25.5. The van der Waals surface area contributed by atoms with Crippen LogP contribution in [0.3, 0.4) is 0 Å². The first-order valence-electron chi connectivity index (χ1n) is 7.71. The number of cyclic esters (lactones) is 1. The molecule has 3 heterocycles. The number of ether oxygens (including phenoxy) is 1. The minimum atomic E-state index is -0.151. The van der Waals surface area contributed by atoms with Crippen LogP contribution < -0.4 is 0 Å². The third-order valence-electron chi connectivity index (χ3n) is 4.77. The molecule has 1 aromatic carbocycles. The zero-order chi connectivity index (χ0) is 15.2. The Morgan fingerprint density at radius 3 is 3.05 bits per heavy atom. The van der Waals surface area contributed by atoms with E-state index in [0.29, 0.717) is 6.61 Å². The quantitative estimate of drug-likeness (QED) is 0.873. The zero-order valence-corrected chi connectivity index (χ0v) is 13.4. The van der Waals surface area contributed by atoms with Crippen LogP contribution in [0.5, 0.6) is 0 Å². The molecule has 2 aliphatic rings. The van der Waals surface area contributed by atoms with Gasteiger partial charge in [-0.1, -0.05) is 19.1 Å². The van der Waals surface area contributed by atoms with Gasteiger partial charge in [-0.05, 0) is 18.6 Å². The minimum Gasteiger partial charge on any atom is -0.447 e. The number of thiazole rings is 1. The van der Waals surface area contributed by atoms with Crippen molar-refractivity contribution in [3.05, 3.63) is 29.3 Å². The molecule has 22 heavy (non-hydrogen) atoms. The lowest BCUT2D eigenvalue weighted by Gasteiger charge is -2.44. The summed E-state index contributed by atoms with van der Waals surface area (Å²) in [6.07, 6.45) is 0.774. The zero-order valence-electron chi connectivity index (χ0n) is 12.6. The molecule has 116 valence electrons. The summed E-state index contributed by atoms with van der Waals surface area (Å²) >= 11 is 1.76. The average Bonchev–Trinajstić information content (AvgIpc) is 3.08. The number of hydrogen-bond donors (Lipinski definition) is 0. The molecule has 6 heteroatoms. The standard InChI is InChI=1S/C16H19N3O2S/c1-2-16-10-18(7-8-19(16)15(20)21-11-16)9-14-17-12-5-3-4-6-13(12)22-14/h3-6H,2,7-11H2,1H3. The molecule has 5 nitrogen and oxygen atoms in total. The smallest absolute Gasteiger partial charge is 0.410 e. The maximum Gasteiger partial charge on any atom is 0.410 e. The molecule has 1 amide bonds. The fraction of sp³-hybridized carbons (Fsp3) is 0.500. The molecule has 0 bridgehead atoms. The van der Waals surface area contributed by atoms with Crippen molar-refractivity contribution < 1.29 is 9.53 Å². The van der Waals surface area contributed by atoms with Crippen molar-refractivity contribution in [1.82, 2.24) is 14.8 Å². The number of para-hydroxylation sites is 1. The second-order valence-corrected chi connectivity index (χ2v) is 7.19. The number of aromatic nitrogens is 1.